The lowest BCUT2D eigenvalue weighted by molar-refractivity contribution is -0.131. The van der Waals surface area contributed by atoms with Crippen molar-refractivity contribution in [2.45, 2.75) is 0 Å². The van der Waals surface area contributed by atoms with Gasteiger partial charge in [0, 0.05) is 24.7 Å². The first-order valence-corrected chi connectivity index (χ1v) is 4.95. The zero-order valence-corrected chi connectivity index (χ0v) is 9.43. The molecule has 0 aliphatic carbocycles. The normalized spacial score (nSPS) is 10.5. The third kappa shape index (κ3) is 1.75. The number of fused-ring (bicyclic) bond motifs is 1. The smallest absolute Gasteiger partial charge is 0.377 e. The number of aliphatic carboxylic acids is 1. The van der Waals surface area contributed by atoms with Crippen molar-refractivity contribution in [3.63, 3.8) is 0 Å². The fourth-order valence-corrected chi connectivity index (χ4v) is 1.79. The highest BCUT2D eigenvalue weighted by atomic mass is 16.5. The first kappa shape index (κ1) is 11.2. The SMILES string of the molecule is COc1ccc2c(C(=O)C(=O)O)cn(C)c2c1. The van der Waals surface area contributed by atoms with E-state index in [-0.39, 0.29) is 5.56 Å². The molecule has 5 nitrogen and oxygen atoms in total. The van der Waals surface area contributed by atoms with Gasteiger partial charge in [-0.1, -0.05) is 0 Å². The Morgan fingerprint density at radius 1 is 1.35 bits per heavy atom. The summed E-state index contributed by atoms with van der Waals surface area (Å²) in [5.74, 6) is -1.69. The fraction of sp³-hybridized carbons (Fsp3) is 0.167. The molecule has 88 valence electrons. The highest BCUT2D eigenvalue weighted by molar-refractivity contribution is 6.42. The van der Waals surface area contributed by atoms with Crippen LogP contribution in [0.2, 0.25) is 0 Å². The minimum absolute atomic E-state index is 0.192. The molecule has 2 aromatic rings. The van der Waals surface area contributed by atoms with Crippen molar-refractivity contribution < 1.29 is 19.4 Å². The number of carboxylic acid groups (broad SMARTS) is 1. The minimum Gasteiger partial charge on any atom is -0.497 e. The van der Waals surface area contributed by atoms with Gasteiger partial charge in [-0.2, -0.15) is 0 Å². The molecule has 0 unspecified atom stereocenters. The van der Waals surface area contributed by atoms with Gasteiger partial charge in [-0.3, -0.25) is 4.79 Å². The van der Waals surface area contributed by atoms with Gasteiger partial charge in [-0.25, -0.2) is 4.79 Å². The van der Waals surface area contributed by atoms with E-state index in [0.29, 0.717) is 11.1 Å². The van der Waals surface area contributed by atoms with Crippen LogP contribution in [0.15, 0.2) is 24.4 Å². The summed E-state index contributed by atoms with van der Waals surface area (Å²) in [6.45, 7) is 0. The number of hydrogen-bond acceptors (Lipinski definition) is 3. The van der Waals surface area contributed by atoms with Gasteiger partial charge >= 0.3 is 5.97 Å². The number of carbonyl (C=O) groups is 2. The molecular formula is C12H11NO4. The number of nitrogens with zero attached hydrogens (tertiary/aromatic N) is 1. The van der Waals surface area contributed by atoms with Crippen LogP contribution in [0.1, 0.15) is 10.4 Å². The number of aromatic nitrogens is 1. The van der Waals surface area contributed by atoms with E-state index < -0.39 is 11.8 Å². The van der Waals surface area contributed by atoms with Crippen molar-refractivity contribution in [2.75, 3.05) is 7.11 Å². The molecule has 1 N–H and O–H groups in total. The summed E-state index contributed by atoms with van der Waals surface area (Å²) in [5.41, 5.74) is 0.951. The number of carboxylic acids is 1. The Hall–Kier alpha value is -2.30. The maximum Gasteiger partial charge on any atom is 0.377 e. The number of benzene rings is 1. The maximum atomic E-state index is 11.5. The van der Waals surface area contributed by atoms with Crippen LogP contribution in [0.25, 0.3) is 10.9 Å². The van der Waals surface area contributed by atoms with Crippen molar-refractivity contribution in [1.82, 2.24) is 4.57 Å². The molecule has 0 spiro atoms. The van der Waals surface area contributed by atoms with E-state index in [0.717, 1.165) is 5.52 Å². The summed E-state index contributed by atoms with van der Waals surface area (Å²) >= 11 is 0. The van der Waals surface area contributed by atoms with Gasteiger partial charge in [0.1, 0.15) is 5.75 Å². The molecule has 0 radical (unpaired) electrons. The third-order valence-corrected chi connectivity index (χ3v) is 2.64. The van der Waals surface area contributed by atoms with E-state index >= 15 is 0 Å². The Balaban J connectivity index is 2.68. The lowest BCUT2D eigenvalue weighted by Crippen LogP contribution is -2.12. The van der Waals surface area contributed by atoms with Crippen molar-refractivity contribution in [1.29, 1.82) is 0 Å². The molecule has 1 heterocycles. The van der Waals surface area contributed by atoms with E-state index in [1.807, 2.05) is 0 Å². The van der Waals surface area contributed by atoms with Crippen LogP contribution in [-0.2, 0) is 11.8 Å². The van der Waals surface area contributed by atoms with Crippen LogP contribution >= 0.6 is 0 Å². The van der Waals surface area contributed by atoms with Crippen LogP contribution in [0.4, 0.5) is 0 Å². The molecule has 1 aromatic heterocycles. The second-order valence-electron chi connectivity index (χ2n) is 3.67. The molecule has 0 bridgehead atoms. The molecule has 0 aliphatic rings. The molecule has 0 amide bonds. The van der Waals surface area contributed by atoms with Gasteiger partial charge in [0.2, 0.25) is 0 Å². The minimum atomic E-state index is -1.45. The number of methoxy groups -OCH3 is 1. The topological polar surface area (TPSA) is 68.5 Å². The largest absolute Gasteiger partial charge is 0.497 e. The van der Waals surface area contributed by atoms with Gasteiger partial charge in [-0.05, 0) is 12.1 Å². The van der Waals surface area contributed by atoms with E-state index in [4.69, 9.17) is 9.84 Å². The highest BCUT2D eigenvalue weighted by Gasteiger charge is 2.20. The molecule has 0 fully saturated rings. The predicted octanol–water partition coefficient (Wildman–Crippen LogP) is 1.45. The molecular weight excluding hydrogens is 222 g/mol. The Morgan fingerprint density at radius 2 is 2.06 bits per heavy atom. The molecule has 0 saturated heterocycles. The van der Waals surface area contributed by atoms with Crippen molar-refractivity contribution >= 4 is 22.7 Å². The van der Waals surface area contributed by atoms with Gasteiger partial charge in [-0.15, -0.1) is 0 Å². The Bertz CT molecular complexity index is 612. The van der Waals surface area contributed by atoms with E-state index in [1.165, 1.54) is 6.20 Å². The number of aryl methyl sites for hydroxylation is 1. The Morgan fingerprint density at radius 3 is 2.65 bits per heavy atom. The Kier molecular flexibility index (Phi) is 2.59. The fourth-order valence-electron chi connectivity index (χ4n) is 1.79. The van der Waals surface area contributed by atoms with E-state index in [1.54, 1.807) is 36.9 Å². The molecule has 1 aromatic carbocycles. The van der Waals surface area contributed by atoms with Crippen LogP contribution in [0.3, 0.4) is 0 Å². The van der Waals surface area contributed by atoms with Gasteiger partial charge in [0.15, 0.2) is 0 Å². The third-order valence-electron chi connectivity index (χ3n) is 2.64. The quantitative estimate of drug-likeness (QED) is 0.643. The molecule has 0 saturated carbocycles. The lowest BCUT2D eigenvalue weighted by atomic mass is 10.1. The van der Waals surface area contributed by atoms with Crippen LogP contribution < -0.4 is 4.74 Å². The number of Topliss-reactive ketones (excluding diaryl/α,β-unsaturated/α-hetero) is 1. The second kappa shape index (κ2) is 3.93. The molecule has 5 heteroatoms. The zero-order valence-electron chi connectivity index (χ0n) is 9.43. The Labute approximate surface area is 97.2 Å². The zero-order chi connectivity index (χ0) is 12.6. The monoisotopic (exact) mass is 233 g/mol. The van der Waals surface area contributed by atoms with Crippen LogP contribution in [0.5, 0.6) is 5.75 Å². The number of carbonyl (C=O) groups excluding carboxylic acids is 1. The number of ether oxygens (including phenoxy) is 1. The summed E-state index contributed by atoms with van der Waals surface area (Å²) in [7, 11) is 3.30. The maximum absolute atomic E-state index is 11.5. The molecule has 2 rings (SSSR count). The van der Waals surface area contributed by atoms with Crippen LogP contribution in [0, 0.1) is 0 Å². The van der Waals surface area contributed by atoms with Gasteiger partial charge < -0.3 is 14.4 Å². The highest BCUT2D eigenvalue weighted by Crippen LogP contribution is 2.25. The summed E-state index contributed by atoms with van der Waals surface area (Å²) in [6, 6.07) is 5.14. The first-order valence-electron chi connectivity index (χ1n) is 4.95. The van der Waals surface area contributed by atoms with Gasteiger partial charge in [0.25, 0.3) is 5.78 Å². The summed E-state index contributed by atoms with van der Waals surface area (Å²) in [5, 5.41) is 9.33. The van der Waals surface area contributed by atoms with Crippen molar-refractivity contribution in [2.24, 2.45) is 7.05 Å². The number of ketones is 1. The van der Waals surface area contributed by atoms with E-state index in [2.05, 4.69) is 0 Å². The molecule has 0 atom stereocenters. The second-order valence-corrected chi connectivity index (χ2v) is 3.67. The van der Waals surface area contributed by atoms with Crippen molar-refractivity contribution in [3.8, 4) is 5.75 Å². The standard InChI is InChI=1S/C12H11NO4/c1-13-6-9(11(14)12(15)16)8-4-3-7(17-2)5-10(8)13/h3-6H,1-2H3,(H,15,16). The number of rotatable bonds is 3. The first-order chi connectivity index (χ1) is 8.04. The summed E-state index contributed by atoms with van der Waals surface area (Å²) in [4.78, 5) is 22.2. The average Bonchev–Trinajstić information content (AvgIpc) is 2.65. The summed E-state index contributed by atoms with van der Waals surface area (Å²) < 4.78 is 6.78. The van der Waals surface area contributed by atoms with Crippen LogP contribution in [-0.4, -0.2) is 28.5 Å². The van der Waals surface area contributed by atoms with E-state index in [9.17, 15) is 9.59 Å². The molecule has 17 heavy (non-hydrogen) atoms. The van der Waals surface area contributed by atoms with Crippen molar-refractivity contribution in [3.05, 3.63) is 30.0 Å². The lowest BCUT2D eigenvalue weighted by Gasteiger charge is -2.01. The summed E-state index contributed by atoms with van der Waals surface area (Å²) in [6.07, 6.45) is 1.51. The average molecular weight is 233 g/mol. The molecule has 0 aliphatic heterocycles. The number of hydrogen-bond donors (Lipinski definition) is 1. The van der Waals surface area contributed by atoms with Gasteiger partial charge in [0.05, 0.1) is 18.2 Å². The predicted molar refractivity (Wildman–Crippen MR) is 61.4 cm³/mol.